The Bertz CT molecular complexity index is 1330. The summed E-state index contributed by atoms with van der Waals surface area (Å²) in [6.45, 7) is -0.397. The molecular formula is C21H16FN5O3. The van der Waals surface area contributed by atoms with E-state index in [1.807, 2.05) is 0 Å². The number of anilines is 1. The molecule has 0 saturated carbocycles. The molecule has 0 atom stereocenters. The van der Waals surface area contributed by atoms with Crippen molar-refractivity contribution in [3.8, 4) is 0 Å². The molecule has 0 saturated heterocycles. The molecule has 3 aromatic heterocycles. The van der Waals surface area contributed by atoms with Crippen LogP contribution in [0.1, 0.15) is 5.69 Å². The van der Waals surface area contributed by atoms with Crippen molar-refractivity contribution >= 4 is 22.6 Å². The van der Waals surface area contributed by atoms with Gasteiger partial charge in [-0.15, -0.1) is 0 Å². The van der Waals surface area contributed by atoms with Gasteiger partial charge in [0.15, 0.2) is 5.52 Å². The fraction of sp³-hybridized carbons (Fsp3) is 0.0952. The fourth-order valence-corrected chi connectivity index (χ4v) is 3.07. The second-order valence-electron chi connectivity index (χ2n) is 6.51. The first-order valence-electron chi connectivity index (χ1n) is 9.06. The first-order chi connectivity index (χ1) is 14.5. The Labute approximate surface area is 169 Å². The lowest BCUT2D eigenvalue weighted by Crippen LogP contribution is -2.42. The predicted octanol–water partition coefficient (Wildman–Crippen LogP) is 1.78. The molecule has 0 aliphatic rings. The van der Waals surface area contributed by atoms with Crippen molar-refractivity contribution in [2.24, 2.45) is 0 Å². The van der Waals surface area contributed by atoms with Crippen LogP contribution in [0.15, 0.2) is 76.6 Å². The Morgan fingerprint density at radius 1 is 0.933 bits per heavy atom. The normalized spacial score (nSPS) is 10.8. The highest BCUT2D eigenvalue weighted by molar-refractivity contribution is 5.91. The minimum Gasteiger partial charge on any atom is -0.325 e. The third-order valence-electron chi connectivity index (χ3n) is 4.46. The summed E-state index contributed by atoms with van der Waals surface area (Å²) in [6.07, 6.45) is 3.01. The standard InChI is InChI=1S/C21H16FN5O3/c22-14-6-8-15(9-7-14)25-18(28)13-26-17-5-3-11-24-19(17)20(29)27(21(26)30)12-16-4-1-2-10-23-16/h1-11H,12-13H2,(H,25,28). The molecule has 150 valence electrons. The predicted molar refractivity (Wildman–Crippen MR) is 109 cm³/mol. The highest BCUT2D eigenvalue weighted by atomic mass is 19.1. The molecule has 8 nitrogen and oxygen atoms in total. The minimum absolute atomic E-state index is 0.0510. The van der Waals surface area contributed by atoms with Gasteiger partial charge in [0, 0.05) is 18.1 Å². The molecule has 1 N–H and O–H groups in total. The molecule has 4 rings (SSSR count). The summed E-state index contributed by atoms with van der Waals surface area (Å²) in [5.41, 5.74) is 0.0199. The number of rotatable bonds is 5. The highest BCUT2D eigenvalue weighted by Crippen LogP contribution is 2.09. The van der Waals surface area contributed by atoms with E-state index in [0.717, 1.165) is 4.57 Å². The van der Waals surface area contributed by atoms with Crippen LogP contribution in [0.2, 0.25) is 0 Å². The van der Waals surface area contributed by atoms with Crippen LogP contribution in [0.5, 0.6) is 0 Å². The maximum Gasteiger partial charge on any atom is 0.332 e. The minimum atomic E-state index is -0.652. The van der Waals surface area contributed by atoms with Crippen molar-refractivity contribution in [1.82, 2.24) is 19.1 Å². The summed E-state index contributed by atoms with van der Waals surface area (Å²) in [5, 5.41) is 2.61. The fourth-order valence-electron chi connectivity index (χ4n) is 3.07. The maximum atomic E-state index is 13.1. The number of benzene rings is 1. The Balaban J connectivity index is 1.74. The molecule has 1 aromatic carbocycles. The van der Waals surface area contributed by atoms with Gasteiger partial charge in [-0.05, 0) is 48.5 Å². The van der Waals surface area contributed by atoms with Crippen LogP contribution in [0.4, 0.5) is 10.1 Å². The van der Waals surface area contributed by atoms with Gasteiger partial charge in [0.05, 0.1) is 17.8 Å². The van der Waals surface area contributed by atoms with Crippen LogP contribution >= 0.6 is 0 Å². The van der Waals surface area contributed by atoms with E-state index in [0.29, 0.717) is 11.4 Å². The number of carbonyl (C=O) groups excluding carboxylic acids is 1. The number of hydrogen-bond donors (Lipinski definition) is 1. The molecule has 0 unspecified atom stereocenters. The van der Waals surface area contributed by atoms with Crippen molar-refractivity contribution in [2.45, 2.75) is 13.1 Å². The molecule has 0 aliphatic heterocycles. The average molecular weight is 405 g/mol. The number of halogens is 1. The summed E-state index contributed by atoms with van der Waals surface area (Å²) in [6, 6.07) is 13.6. The van der Waals surface area contributed by atoms with Crippen molar-refractivity contribution in [2.75, 3.05) is 5.32 Å². The third kappa shape index (κ3) is 3.86. The van der Waals surface area contributed by atoms with E-state index in [-0.39, 0.29) is 24.1 Å². The monoisotopic (exact) mass is 405 g/mol. The second kappa shape index (κ2) is 8.08. The van der Waals surface area contributed by atoms with Crippen LogP contribution in [0.3, 0.4) is 0 Å². The van der Waals surface area contributed by atoms with Gasteiger partial charge in [-0.2, -0.15) is 0 Å². The molecular weight excluding hydrogens is 389 g/mol. The summed E-state index contributed by atoms with van der Waals surface area (Å²) in [5.74, 6) is -0.931. The Hall–Kier alpha value is -4.14. The molecule has 0 fully saturated rings. The van der Waals surface area contributed by atoms with Gasteiger partial charge >= 0.3 is 5.69 Å². The SMILES string of the molecule is O=C(Cn1c(=O)n(Cc2ccccn2)c(=O)c2ncccc21)Nc1ccc(F)cc1. The molecule has 1 amide bonds. The van der Waals surface area contributed by atoms with Crippen LogP contribution in [0.25, 0.3) is 11.0 Å². The zero-order chi connectivity index (χ0) is 21.1. The Morgan fingerprint density at radius 3 is 2.43 bits per heavy atom. The number of amides is 1. The lowest BCUT2D eigenvalue weighted by Gasteiger charge is -2.13. The maximum absolute atomic E-state index is 13.1. The Kier molecular flexibility index (Phi) is 5.17. The van der Waals surface area contributed by atoms with Crippen LogP contribution in [0, 0.1) is 5.82 Å². The van der Waals surface area contributed by atoms with E-state index in [9.17, 15) is 18.8 Å². The summed E-state index contributed by atoms with van der Waals surface area (Å²) in [7, 11) is 0. The van der Waals surface area contributed by atoms with Crippen LogP contribution in [-0.4, -0.2) is 25.0 Å². The quantitative estimate of drug-likeness (QED) is 0.546. The molecule has 0 spiro atoms. The van der Waals surface area contributed by atoms with Gasteiger partial charge in [0.1, 0.15) is 12.4 Å². The lowest BCUT2D eigenvalue weighted by molar-refractivity contribution is -0.116. The van der Waals surface area contributed by atoms with Crippen molar-refractivity contribution < 1.29 is 9.18 Å². The summed E-state index contributed by atoms with van der Waals surface area (Å²) < 4.78 is 15.2. The van der Waals surface area contributed by atoms with E-state index < -0.39 is 23.0 Å². The Morgan fingerprint density at radius 2 is 1.70 bits per heavy atom. The molecule has 3 heterocycles. The molecule has 0 bridgehead atoms. The van der Waals surface area contributed by atoms with Gasteiger partial charge in [0.2, 0.25) is 5.91 Å². The number of pyridine rings is 2. The van der Waals surface area contributed by atoms with E-state index in [4.69, 9.17) is 0 Å². The number of nitrogens with one attached hydrogen (secondary N) is 1. The van der Waals surface area contributed by atoms with Gasteiger partial charge < -0.3 is 5.32 Å². The summed E-state index contributed by atoms with van der Waals surface area (Å²) in [4.78, 5) is 46.7. The largest absolute Gasteiger partial charge is 0.332 e. The smallest absolute Gasteiger partial charge is 0.325 e. The molecule has 9 heteroatoms. The first-order valence-corrected chi connectivity index (χ1v) is 9.06. The van der Waals surface area contributed by atoms with E-state index in [1.54, 1.807) is 36.5 Å². The van der Waals surface area contributed by atoms with Crippen LogP contribution < -0.4 is 16.6 Å². The lowest BCUT2D eigenvalue weighted by atomic mass is 10.3. The molecule has 30 heavy (non-hydrogen) atoms. The average Bonchev–Trinajstić information content (AvgIpc) is 2.76. The molecule has 4 aromatic rings. The molecule has 0 aliphatic carbocycles. The number of fused-ring (bicyclic) bond motifs is 1. The van der Waals surface area contributed by atoms with Gasteiger partial charge in [-0.3, -0.25) is 23.7 Å². The van der Waals surface area contributed by atoms with Crippen LogP contribution in [-0.2, 0) is 17.9 Å². The van der Waals surface area contributed by atoms with Gasteiger partial charge in [0.25, 0.3) is 5.56 Å². The summed E-state index contributed by atoms with van der Waals surface area (Å²) >= 11 is 0. The van der Waals surface area contributed by atoms with Gasteiger partial charge in [-0.1, -0.05) is 6.07 Å². The number of nitrogens with zero attached hydrogens (tertiary/aromatic N) is 4. The van der Waals surface area contributed by atoms with Crippen molar-refractivity contribution in [3.05, 3.63) is 99.3 Å². The zero-order valence-electron chi connectivity index (χ0n) is 15.7. The molecule has 0 radical (unpaired) electrons. The number of aromatic nitrogens is 4. The highest BCUT2D eigenvalue weighted by Gasteiger charge is 2.16. The first kappa shape index (κ1) is 19.2. The van der Waals surface area contributed by atoms with Crippen molar-refractivity contribution in [1.29, 1.82) is 0 Å². The van der Waals surface area contributed by atoms with E-state index >= 15 is 0 Å². The van der Waals surface area contributed by atoms with Gasteiger partial charge in [-0.25, -0.2) is 14.2 Å². The van der Waals surface area contributed by atoms with Crippen molar-refractivity contribution in [3.63, 3.8) is 0 Å². The second-order valence-corrected chi connectivity index (χ2v) is 6.51. The van der Waals surface area contributed by atoms with E-state index in [1.165, 1.54) is 35.0 Å². The van der Waals surface area contributed by atoms with E-state index in [2.05, 4.69) is 15.3 Å². The number of carbonyl (C=O) groups is 1. The topological polar surface area (TPSA) is 98.9 Å². The zero-order valence-corrected chi connectivity index (χ0v) is 15.7. The number of hydrogen-bond acceptors (Lipinski definition) is 5. The third-order valence-corrected chi connectivity index (χ3v) is 4.46.